The molecule has 0 aliphatic carbocycles. The van der Waals surface area contributed by atoms with Gasteiger partial charge in [-0.25, -0.2) is 0 Å². The summed E-state index contributed by atoms with van der Waals surface area (Å²) in [7, 11) is 1.18. The number of ether oxygens (including phenoxy) is 2. The maximum absolute atomic E-state index is 12.2. The SMILES string of the molecule is COc1c(CC(=O)O)ccc(C#N)c1OC(F)F. The summed E-state index contributed by atoms with van der Waals surface area (Å²) in [5.41, 5.74) is 0.000869. The maximum atomic E-state index is 12.2. The zero-order valence-corrected chi connectivity index (χ0v) is 9.31. The van der Waals surface area contributed by atoms with Gasteiger partial charge in [-0.15, -0.1) is 0 Å². The van der Waals surface area contributed by atoms with Crippen LogP contribution in [0, 0.1) is 11.3 Å². The van der Waals surface area contributed by atoms with Gasteiger partial charge in [-0.3, -0.25) is 4.79 Å². The zero-order valence-electron chi connectivity index (χ0n) is 9.31. The smallest absolute Gasteiger partial charge is 0.387 e. The maximum Gasteiger partial charge on any atom is 0.387 e. The number of methoxy groups -OCH3 is 1. The fourth-order valence-corrected chi connectivity index (χ4v) is 1.42. The Kier molecular flexibility index (Phi) is 4.43. The van der Waals surface area contributed by atoms with Crippen LogP contribution < -0.4 is 9.47 Å². The molecule has 18 heavy (non-hydrogen) atoms. The average Bonchev–Trinajstić information content (AvgIpc) is 2.28. The van der Waals surface area contributed by atoms with Crippen molar-refractivity contribution in [2.24, 2.45) is 0 Å². The quantitative estimate of drug-likeness (QED) is 0.869. The lowest BCUT2D eigenvalue weighted by atomic mass is 10.1. The molecular formula is C11H9F2NO4. The number of aliphatic carboxylic acids is 1. The van der Waals surface area contributed by atoms with Gasteiger partial charge in [0.2, 0.25) is 0 Å². The highest BCUT2D eigenvalue weighted by molar-refractivity contribution is 5.73. The number of hydrogen-bond acceptors (Lipinski definition) is 4. The molecule has 96 valence electrons. The van der Waals surface area contributed by atoms with E-state index in [0.29, 0.717) is 0 Å². The van der Waals surface area contributed by atoms with Crippen molar-refractivity contribution in [1.82, 2.24) is 0 Å². The molecule has 1 aromatic carbocycles. The number of alkyl halides is 2. The summed E-state index contributed by atoms with van der Waals surface area (Å²) >= 11 is 0. The summed E-state index contributed by atoms with van der Waals surface area (Å²) in [5.74, 6) is -1.77. The van der Waals surface area contributed by atoms with Crippen molar-refractivity contribution in [3.05, 3.63) is 23.3 Å². The summed E-state index contributed by atoms with van der Waals surface area (Å²) in [4.78, 5) is 10.6. The summed E-state index contributed by atoms with van der Waals surface area (Å²) in [5, 5.41) is 17.5. The lowest BCUT2D eigenvalue weighted by molar-refractivity contribution is -0.136. The molecule has 0 radical (unpaired) electrons. The number of halogens is 2. The molecule has 0 unspecified atom stereocenters. The molecule has 0 aliphatic rings. The molecule has 1 N–H and O–H groups in total. The lowest BCUT2D eigenvalue weighted by Crippen LogP contribution is -2.08. The van der Waals surface area contributed by atoms with Crippen LogP contribution >= 0.6 is 0 Å². The lowest BCUT2D eigenvalue weighted by Gasteiger charge is -2.14. The summed E-state index contributed by atoms with van der Waals surface area (Å²) in [6.07, 6.45) is -0.422. The first-order valence-electron chi connectivity index (χ1n) is 4.76. The Labute approximate surface area is 101 Å². The Bertz CT molecular complexity index is 497. The molecule has 0 saturated heterocycles. The molecular weight excluding hydrogens is 248 g/mol. The van der Waals surface area contributed by atoms with Gasteiger partial charge in [0.05, 0.1) is 19.1 Å². The predicted molar refractivity (Wildman–Crippen MR) is 55.7 cm³/mol. The number of rotatable bonds is 5. The number of hydrogen-bond donors (Lipinski definition) is 1. The monoisotopic (exact) mass is 257 g/mol. The van der Waals surface area contributed by atoms with Crippen molar-refractivity contribution in [2.75, 3.05) is 7.11 Å². The topological polar surface area (TPSA) is 79.5 Å². The molecule has 0 bridgehead atoms. The molecule has 1 rings (SSSR count). The Hall–Kier alpha value is -2.36. The van der Waals surface area contributed by atoms with Crippen molar-refractivity contribution in [3.63, 3.8) is 0 Å². The van der Waals surface area contributed by atoms with E-state index >= 15 is 0 Å². The van der Waals surface area contributed by atoms with Crippen LogP contribution in [0.2, 0.25) is 0 Å². The second-order valence-electron chi connectivity index (χ2n) is 3.20. The van der Waals surface area contributed by atoms with E-state index in [4.69, 9.17) is 15.1 Å². The third kappa shape index (κ3) is 3.07. The van der Waals surface area contributed by atoms with Crippen molar-refractivity contribution in [3.8, 4) is 17.6 Å². The van der Waals surface area contributed by atoms with E-state index in [1.807, 2.05) is 0 Å². The molecule has 0 saturated carbocycles. The van der Waals surface area contributed by atoms with Gasteiger partial charge in [-0.05, 0) is 6.07 Å². The fourth-order valence-electron chi connectivity index (χ4n) is 1.42. The normalized spacial score (nSPS) is 9.94. The molecule has 0 aliphatic heterocycles. The van der Waals surface area contributed by atoms with Crippen LogP contribution in [-0.2, 0) is 11.2 Å². The minimum absolute atomic E-state index is 0.152. The molecule has 0 amide bonds. The average molecular weight is 257 g/mol. The molecule has 0 aromatic heterocycles. The van der Waals surface area contributed by atoms with Gasteiger partial charge in [0.25, 0.3) is 0 Å². The third-order valence-electron chi connectivity index (χ3n) is 2.07. The second-order valence-corrected chi connectivity index (χ2v) is 3.20. The molecule has 7 heteroatoms. The van der Waals surface area contributed by atoms with Crippen LogP contribution in [0.5, 0.6) is 11.5 Å². The summed E-state index contributed by atoms with van der Waals surface area (Å²) < 4.78 is 33.5. The van der Waals surface area contributed by atoms with Crippen LogP contribution in [0.25, 0.3) is 0 Å². The second kappa shape index (κ2) is 5.82. The Morgan fingerprint density at radius 3 is 2.61 bits per heavy atom. The molecule has 1 aromatic rings. The number of carboxylic acids is 1. The first-order valence-corrected chi connectivity index (χ1v) is 4.76. The van der Waals surface area contributed by atoms with Crippen molar-refractivity contribution < 1.29 is 28.2 Å². The van der Waals surface area contributed by atoms with Crippen LogP contribution in [0.3, 0.4) is 0 Å². The fraction of sp³-hybridized carbons (Fsp3) is 0.273. The Morgan fingerprint density at radius 1 is 1.50 bits per heavy atom. The Morgan fingerprint density at radius 2 is 2.17 bits per heavy atom. The number of carboxylic acid groups (broad SMARTS) is 1. The highest BCUT2D eigenvalue weighted by Crippen LogP contribution is 2.36. The van der Waals surface area contributed by atoms with E-state index in [0.717, 1.165) is 0 Å². The van der Waals surface area contributed by atoms with Crippen molar-refractivity contribution >= 4 is 5.97 Å². The Balaban J connectivity index is 3.32. The molecule has 0 fully saturated rings. The van der Waals surface area contributed by atoms with E-state index in [1.54, 1.807) is 6.07 Å². The van der Waals surface area contributed by atoms with E-state index in [-0.39, 0.29) is 16.9 Å². The van der Waals surface area contributed by atoms with Crippen LogP contribution in [0.15, 0.2) is 12.1 Å². The highest BCUT2D eigenvalue weighted by Gasteiger charge is 2.20. The summed E-state index contributed by atoms with van der Waals surface area (Å²) in [6, 6.07) is 4.20. The predicted octanol–water partition coefficient (Wildman–Crippen LogP) is 1.80. The van der Waals surface area contributed by atoms with E-state index in [2.05, 4.69) is 4.74 Å². The first kappa shape index (κ1) is 13.7. The number of nitrogens with zero attached hydrogens (tertiary/aromatic N) is 1. The minimum Gasteiger partial charge on any atom is -0.493 e. The standard InChI is InChI=1S/C11H9F2NO4/c1-17-9-6(4-8(15)16)2-3-7(5-14)10(9)18-11(12)13/h2-3,11H,4H2,1H3,(H,15,16). The summed E-state index contributed by atoms with van der Waals surface area (Å²) in [6.45, 7) is -3.13. The number of nitriles is 1. The van der Waals surface area contributed by atoms with Crippen LogP contribution in [0.1, 0.15) is 11.1 Å². The largest absolute Gasteiger partial charge is 0.493 e. The van der Waals surface area contributed by atoms with Crippen LogP contribution in [-0.4, -0.2) is 24.8 Å². The van der Waals surface area contributed by atoms with E-state index in [9.17, 15) is 13.6 Å². The molecule has 0 atom stereocenters. The van der Waals surface area contributed by atoms with Crippen molar-refractivity contribution in [1.29, 1.82) is 5.26 Å². The zero-order chi connectivity index (χ0) is 13.7. The molecule has 0 heterocycles. The van der Waals surface area contributed by atoms with Crippen molar-refractivity contribution in [2.45, 2.75) is 13.0 Å². The highest BCUT2D eigenvalue weighted by atomic mass is 19.3. The van der Waals surface area contributed by atoms with Gasteiger partial charge in [-0.2, -0.15) is 14.0 Å². The van der Waals surface area contributed by atoms with Gasteiger partial charge in [-0.1, -0.05) is 6.07 Å². The minimum atomic E-state index is -3.13. The van der Waals surface area contributed by atoms with Crippen LogP contribution in [0.4, 0.5) is 8.78 Å². The van der Waals surface area contributed by atoms with Gasteiger partial charge < -0.3 is 14.6 Å². The molecule has 5 nitrogen and oxygen atoms in total. The van der Waals surface area contributed by atoms with Gasteiger partial charge in [0.15, 0.2) is 11.5 Å². The van der Waals surface area contributed by atoms with E-state index < -0.39 is 24.8 Å². The van der Waals surface area contributed by atoms with E-state index in [1.165, 1.54) is 19.2 Å². The number of carbonyl (C=O) groups is 1. The van der Waals surface area contributed by atoms with Gasteiger partial charge >= 0.3 is 12.6 Å². The third-order valence-corrected chi connectivity index (χ3v) is 2.07. The molecule has 0 spiro atoms. The van der Waals surface area contributed by atoms with Gasteiger partial charge in [0.1, 0.15) is 6.07 Å². The van der Waals surface area contributed by atoms with Gasteiger partial charge in [0, 0.05) is 5.56 Å². The first-order chi connectivity index (χ1) is 8.49. The number of benzene rings is 1.